The summed E-state index contributed by atoms with van der Waals surface area (Å²) in [6, 6.07) is 3.07. The van der Waals surface area contributed by atoms with E-state index in [1.807, 2.05) is 0 Å². The van der Waals surface area contributed by atoms with Crippen molar-refractivity contribution in [3.05, 3.63) is 29.6 Å². The number of nitrogens with two attached hydrogens (primary N) is 1. The monoisotopic (exact) mass is 221 g/mol. The fourth-order valence-electron chi connectivity index (χ4n) is 1.18. The maximum Gasteiger partial charge on any atom is 0.250 e. The van der Waals surface area contributed by atoms with Crippen LogP contribution in [0.25, 0.3) is 0 Å². The van der Waals surface area contributed by atoms with Crippen LogP contribution in [0.1, 0.15) is 28.4 Å². The van der Waals surface area contributed by atoms with E-state index < -0.39 is 18.1 Å². The average molecular weight is 221 g/mol. The minimum Gasteiger partial charge on any atom is -0.389 e. The van der Waals surface area contributed by atoms with Crippen molar-refractivity contribution in [2.24, 2.45) is 5.73 Å². The molecule has 1 amide bonds. The quantitative estimate of drug-likeness (QED) is 0.632. The first-order valence-corrected chi connectivity index (χ1v) is 4.54. The highest BCUT2D eigenvalue weighted by Gasteiger charge is 2.19. The average Bonchev–Trinajstić information content (AvgIpc) is 2.28. The zero-order valence-corrected chi connectivity index (χ0v) is 8.37. The molecular formula is C10H11N3O3. The molecule has 0 aromatic carbocycles. The largest absolute Gasteiger partial charge is 0.389 e. The molecule has 1 rings (SSSR count). The third-order valence-electron chi connectivity index (χ3n) is 2.05. The Balaban J connectivity index is 2.92. The van der Waals surface area contributed by atoms with Gasteiger partial charge in [-0.3, -0.25) is 9.78 Å². The zero-order chi connectivity index (χ0) is 12.1. The van der Waals surface area contributed by atoms with E-state index >= 15 is 0 Å². The van der Waals surface area contributed by atoms with Crippen molar-refractivity contribution in [2.45, 2.75) is 18.6 Å². The molecule has 1 heterocycles. The first kappa shape index (κ1) is 12.1. The topological polar surface area (TPSA) is 120 Å². The molecule has 0 aliphatic rings. The number of primary amides is 1. The Labute approximate surface area is 92.0 Å². The second-order valence-corrected chi connectivity index (χ2v) is 3.25. The Morgan fingerprint density at radius 1 is 1.56 bits per heavy atom. The molecule has 1 aromatic rings. The fraction of sp³-hybridized carbons (Fsp3) is 0.300. The number of aliphatic hydroxyl groups excluding tert-OH is 2. The van der Waals surface area contributed by atoms with E-state index in [9.17, 15) is 15.0 Å². The molecule has 0 saturated heterocycles. The van der Waals surface area contributed by atoms with Gasteiger partial charge in [-0.2, -0.15) is 5.26 Å². The van der Waals surface area contributed by atoms with Gasteiger partial charge in [-0.25, -0.2) is 0 Å². The van der Waals surface area contributed by atoms with Crippen molar-refractivity contribution < 1.29 is 15.0 Å². The van der Waals surface area contributed by atoms with Gasteiger partial charge in [0.25, 0.3) is 0 Å². The van der Waals surface area contributed by atoms with Crippen molar-refractivity contribution in [3.8, 4) is 6.07 Å². The molecule has 0 saturated carbocycles. The van der Waals surface area contributed by atoms with E-state index in [1.165, 1.54) is 18.5 Å². The summed E-state index contributed by atoms with van der Waals surface area (Å²) in [7, 11) is 0. The number of carbonyl (C=O) groups is 1. The maximum atomic E-state index is 10.9. The third-order valence-corrected chi connectivity index (χ3v) is 2.05. The molecule has 0 bridgehead atoms. The van der Waals surface area contributed by atoms with Gasteiger partial charge in [0, 0.05) is 18.0 Å². The lowest BCUT2D eigenvalue weighted by atomic mass is 10.0. The standard InChI is InChI=1S/C10H11N3O3/c11-2-1-8(14)9(15)6-3-7(10(12)16)5-13-4-6/h3-5,8-9,14-15H,1H2,(H2,12,16). The molecule has 6 heteroatoms. The molecule has 84 valence electrons. The molecule has 0 aliphatic heterocycles. The lowest BCUT2D eigenvalue weighted by Gasteiger charge is -2.15. The number of amides is 1. The Bertz CT molecular complexity index is 428. The number of hydrogen-bond acceptors (Lipinski definition) is 5. The number of nitrogens with zero attached hydrogens (tertiary/aromatic N) is 2. The predicted octanol–water partition coefficient (Wildman–Crippen LogP) is -0.512. The van der Waals surface area contributed by atoms with Crippen molar-refractivity contribution in [1.29, 1.82) is 5.26 Å². The van der Waals surface area contributed by atoms with Crippen LogP contribution >= 0.6 is 0 Å². The number of pyridine rings is 1. The molecule has 4 N–H and O–H groups in total. The summed E-state index contributed by atoms with van der Waals surface area (Å²) < 4.78 is 0. The van der Waals surface area contributed by atoms with Crippen LogP contribution in [0.2, 0.25) is 0 Å². The number of aliphatic hydroxyl groups is 2. The van der Waals surface area contributed by atoms with Crippen LogP contribution in [0.4, 0.5) is 0 Å². The molecule has 6 nitrogen and oxygen atoms in total. The van der Waals surface area contributed by atoms with Crippen LogP contribution in [-0.2, 0) is 0 Å². The smallest absolute Gasteiger partial charge is 0.250 e. The van der Waals surface area contributed by atoms with Crippen LogP contribution in [0.15, 0.2) is 18.5 Å². The highest BCUT2D eigenvalue weighted by molar-refractivity contribution is 5.92. The molecule has 1 aromatic heterocycles. The summed E-state index contributed by atoms with van der Waals surface area (Å²) in [5, 5.41) is 27.4. The molecule has 0 spiro atoms. The lowest BCUT2D eigenvalue weighted by Crippen LogP contribution is -2.19. The van der Waals surface area contributed by atoms with E-state index in [2.05, 4.69) is 4.98 Å². The number of rotatable bonds is 4. The van der Waals surface area contributed by atoms with Gasteiger partial charge in [-0.15, -0.1) is 0 Å². The minimum absolute atomic E-state index is 0.140. The fourth-order valence-corrected chi connectivity index (χ4v) is 1.18. The molecule has 16 heavy (non-hydrogen) atoms. The molecular weight excluding hydrogens is 210 g/mol. The maximum absolute atomic E-state index is 10.9. The Kier molecular flexibility index (Phi) is 3.94. The molecule has 0 radical (unpaired) electrons. The van der Waals surface area contributed by atoms with Gasteiger partial charge >= 0.3 is 0 Å². The minimum atomic E-state index is -1.26. The molecule has 2 atom stereocenters. The lowest BCUT2D eigenvalue weighted by molar-refractivity contribution is 0.0214. The van der Waals surface area contributed by atoms with Crippen LogP contribution in [-0.4, -0.2) is 27.2 Å². The van der Waals surface area contributed by atoms with Gasteiger partial charge in [0.05, 0.1) is 24.2 Å². The first-order valence-electron chi connectivity index (χ1n) is 4.54. The first-order chi connectivity index (χ1) is 7.56. The van der Waals surface area contributed by atoms with Crippen LogP contribution in [0.3, 0.4) is 0 Å². The van der Waals surface area contributed by atoms with Gasteiger partial charge in [-0.05, 0) is 6.07 Å². The van der Waals surface area contributed by atoms with Crippen molar-refractivity contribution in [1.82, 2.24) is 4.98 Å². The van der Waals surface area contributed by atoms with Gasteiger partial charge in [0.2, 0.25) is 5.91 Å². The summed E-state index contributed by atoms with van der Waals surface area (Å²) in [6.45, 7) is 0. The van der Waals surface area contributed by atoms with Crippen LogP contribution in [0.5, 0.6) is 0 Å². The third kappa shape index (κ3) is 2.76. The summed E-state index contributed by atoms with van der Waals surface area (Å²) in [6.07, 6.45) is -0.115. The van der Waals surface area contributed by atoms with Crippen LogP contribution < -0.4 is 5.73 Å². The van der Waals surface area contributed by atoms with E-state index in [-0.39, 0.29) is 17.5 Å². The summed E-state index contributed by atoms with van der Waals surface area (Å²) in [5.41, 5.74) is 5.43. The Morgan fingerprint density at radius 3 is 2.81 bits per heavy atom. The normalized spacial score (nSPS) is 13.8. The van der Waals surface area contributed by atoms with Gasteiger partial charge in [-0.1, -0.05) is 0 Å². The number of aromatic nitrogens is 1. The van der Waals surface area contributed by atoms with E-state index in [4.69, 9.17) is 11.0 Å². The van der Waals surface area contributed by atoms with Crippen LogP contribution in [0, 0.1) is 11.3 Å². The number of carbonyl (C=O) groups excluding carboxylic acids is 1. The zero-order valence-electron chi connectivity index (χ0n) is 8.37. The van der Waals surface area contributed by atoms with Crippen molar-refractivity contribution in [2.75, 3.05) is 0 Å². The highest BCUT2D eigenvalue weighted by Crippen LogP contribution is 2.18. The number of nitriles is 1. The molecule has 2 unspecified atom stereocenters. The summed E-state index contributed by atoms with van der Waals surface area (Å²) in [4.78, 5) is 14.6. The highest BCUT2D eigenvalue weighted by atomic mass is 16.3. The molecule has 0 fully saturated rings. The van der Waals surface area contributed by atoms with Crippen molar-refractivity contribution in [3.63, 3.8) is 0 Å². The van der Waals surface area contributed by atoms with E-state index in [1.54, 1.807) is 6.07 Å². The van der Waals surface area contributed by atoms with Crippen molar-refractivity contribution >= 4 is 5.91 Å². The SMILES string of the molecule is N#CCC(O)C(O)c1cncc(C(N)=O)c1. The second kappa shape index (κ2) is 5.21. The summed E-state index contributed by atoms with van der Waals surface area (Å²) in [5.74, 6) is -0.670. The summed E-state index contributed by atoms with van der Waals surface area (Å²) >= 11 is 0. The second-order valence-electron chi connectivity index (χ2n) is 3.25. The van der Waals surface area contributed by atoms with Gasteiger partial charge < -0.3 is 15.9 Å². The van der Waals surface area contributed by atoms with Gasteiger partial charge in [0.1, 0.15) is 6.10 Å². The molecule has 0 aliphatic carbocycles. The predicted molar refractivity (Wildman–Crippen MR) is 54.0 cm³/mol. The van der Waals surface area contributed by atoms with E-state index in [0.717, 1.165) is 0 Å². The number of hydrogen-bond donors (Lipinski definition) is 3. The Hall–Kier alpha value is -1.97. The van der Waals surface area contributed by atoms with Gasteiger partial charge in [0.15, 0.2) is 0 Å². The Morgan fingerprint density at radius 2 is 2.25 bits per heavy atom. The van der Waals surface area contributed by atoms with E-state index in [0.29, 0.717) is 0 Å².